The summed E-state index contributed by atoms with van der Waals surface area (Å²) in [5.41, 5.74) is 5.32. The molecule has 66 valence electrons. The van der Waals surface area contributed by atoms with E-state index in [-0.39, 0.29) is 6.01 Å². The number of nitrogen functional groups attached to an aromatic ring is 1. The van der Waals surface area contributed by atoms with E-state index in [9.17, 15) is 0 Å². The molecule has 0 amide bonds. The van der Waals surface area contributed by atoms with Crippen LogP contribution in [0.4, 0.5) is 6.01 Å². The Morgan fingerprint density at radius 3 is 3.00 bits per heavy atom. The van der Waals surface area contributed by atoms with Crippen LogP contribution >= 0.6 is 0 Å². The number of hydrogen-bond donors (Lipinski definition) is 2. The van der Waals surface area contributed by atoms with Crippen molar-refractivity contribution in [3.63, 3.8) is 0 Å². The number of anilines is 1. The molecule has 12 heavy (non-hydrogen) atoms. The predicted molar refractivity (Wildman–Crippen MR) is 43.6 cm³/mol. The van der Waals surface area contributed by atoms with Gasteiger partial charge in [0.1, 0.15) is 0 Å². The van der Waals surface area contributed by atoms with Crippen molar-refractivity contribution in [2.45, 2.75) is 18.8 Å². The lowest BCUT2D eigenvalue weighted by molar-refractivity contribution is 0.382. The van der Waals surface area contributed by atoms with Crippen LogP contribution in [0.25, 0.3) is 0 Å². The summed E-state index contributed by atoms with van der Waals surface area (Å²) in [5.74, 6) is 1.02. The molecule has 5 heteroatoms. The highest BCUT2D eigenvalue weighted by molar-refractivity contribution is 5.07. The first kappa shape index (κ1) is 7.54. The summed E-state index contributed by atoms with van der Waals surface area (Å²) in [6.45, 7) is 2.00. The number of hydrogen-bond acceptors (Lipinski definition) is 5. The molecule has 0 spiro atoms. The van der Waals surface area contributed by atoms with E-state index in [1.165, 1.54) is 0 Å². The van der Waals surface area contributed by atoms with Gasteiger partial charge in [0.05, 0.1) is 0 Å². The van der Waals surface area contributed by atoms with Crippen LogP contribution in [0.5, 0.6) is 0 Å². The molecule has 3 N–H and O–H groups in total. The summed E-state index contributed by atoms with van der Waals surface area (Å²) in [6, 6.07) is 0.163. The van der Waals surface area contributed by atoms with Gasteiger partial charge in [-0.15, -0.1) is 5.10 Å². The molecule has 2 rings (SSSR count). The highest BCUT2D eigenvalue weighted by Gasteiger charge is 2.20. The van der Waals surface area contributed by atoms with Crippen molar-refractivity contribution in [3.8, 4) is 0 Å². The third-order valence-corrected chi connectivity index (χ3v) is 2.10. The first-order chi connectivity index (χ1) is 5.86. The van der Waals surface area contributed by atoms with E-state index >= 15 is 0 Å². The van der Waals surface area contributed by atoms with Gasteiger partial charge in [0.15, 0.2) is 0 Å². The second kappa shape index (κ2) is 3.10. The van der Waals surface area contributed by atoms with Crippen LogP contribution in [-0.4, -0.2) is 23.3 Å². The van der Waals surface area contributed by atoms with E-state index in [4.69, 9.17) is 10.2 Å². The van der Waals surface area contributed by atoms with Gasteiger partial charge in [0.25, 0.3) is 0 Å². The molecule has 5 nitrogen and oxygen atoms in total. The zero-order valence-corrected chi connectivity index (χ0v) is 6.79. The Balaban J connectivity index is 2.08. The van der Waals surface area contributed by atoms with Crippen LogP contribution in [0.3, 0.4) is 0 Å². The zero-order valence-electron chi connectivity index (χ0n) is 6.79. The molecule has 0 aliphatic carbocycles. The van der Waals surface area contributed by atoms with Gasteiger partial charge in [-0.2, -0.15) is 0 Å². The van der Waals surface area contributed by atoms with Crippen LogP contribution in [0.1, 0.15) is 24.7 Å². The fourth-order valence-corrected chi connectivity index (χ4v) is 1.47. The van der Waals surface area contributed by atoms with Crippen molar-refractivity contribution in [1.82, 2.24) is 15.5 Å². The second-order valence-electron chi connectivity index (χ2n) is 3.02. The van der Waals surface area contributed by atoms with Gasteiger partial charge >= 0.3 is 6.01 Å². The Hall–Kier alpha value is -1.10. The van der Waals surface area contributed by atoms with Crippen molar-refractivity contribution >= 4 is 6.01 Å². The molecular weight excluding hydrogens is 156 g/mol. The standard InChI is InChI=1S/C7H12N4O/c8-7-11-10-6(12-7)5-2-1-3-9-4-5/h5,9H,1-4H2,(H2,8,11)/t5-/m1/s1. The van der Waals surface area contributed by atoms with Crippen LogP contribution < -0.4 is 11.1 Å². The van der Waals surface area contributed by atoms with Crippen molar-refractivity contribution in [2.75, 3.05) is 18.8 Å². The van der Waals surface area contributed by atoms with Crippen molar-refractivity contribution in [3.05, 3.63) is 5.89 Å². The largest absolute Gasteiger partial charge is 0.408 e. The van der Waals surface area contributed by atoms with E-state index in [2.05, 4.69) is 15.5 Å². The van der Waals surface area contributed by atoms with E-state index in [0.29, 0.717) is 11.8 Å². The first-order valence-electron chi connectivity index (χ1n) is 4.16. The minimum Gasteiger partial charge on any atom is -0.408 e. The van der Waals surface area contributed by atoms with Crippen molar-refractivity contribution < 1.29 is 4.42 Å². The highest BCUT2D eigenvalue weighted by Crippen LogP contribution is 2.21. The monoisotopic (exact) mass is 168 g/mol. The molecule has 0 saturated carbocycles. The fourth-order valence-electron chi connectivity index (χ4n) is 1.47. The summed E-state index contributed by atoms with van der Waals surface area (Å²) >= 11 is 0. The third-order valence-electron chi connectivity index (χ3n) is 2.10. The maximum Gasteiger partial charge on any atom is 0.312 e. The molecule has 1 aromatic rings. The first-order valence-corrected chi connectivity index (χ1v) is 4.16. The fraction of sp³-hybridized carbons (Fsp3) is 0.714. The number of nitrogens with two attached hydrogens (primary N) is 1. The molecule has 1 aromatic heterocycles. The highest BCUT2D eigenvalue weighted by atomic mass is 16.4. The van der Waals surface area contributed by atoms with Gasteiger partial charge in [-0.1, -0.05) is 5.10 Å². The van der Waals surface area contributed by atoms with Gasteiger partial charge in [-0.3, -0.25) is 0 Å². The van der Waals surface area contributed by atoms with E-state index in [1.54, 1.807) is 0 Å². The lowest BCUT2D eigenvalue weighted by Gasteiger charge is -2.18. The number of nitrogens with zero attached hydrogens (tertiary/aromatic N) is 2. The predicted octanol–water partition coefficient (Wildman–Crippen LogP) is 0.119. The van der Waals surface area contributed by atoms with Crippen molar-refractivity contribution in [1.29, 1.82) is 0 Å². The minimum absolute atomic E-state index is 0.163. The van der Waals surface area contributed by atoms with Gasteiger partial charge < -0.3 is 15.5 Å². The zero-order chi connectivity index (χ0) is 8.39. The van der Waals surface area contributed by atoms with Crippen LogP contribution in [-0.2, 0) is 0 Å². The van der Waals surface area contributed by atoms with Gasteiger partial charge in [0, 0.05) is 12.5 Å². The Kier molecular flexibility index (Phi) is 1.95. The average Bonchev–Trinajstić information content (AvgIpc) is 2.54. The molecule has 1 aliphatic rings. The number of nitrogens with one attached hydrogen (secondary N) is 1. The Labute approximate surface area is 70.3 Å². The normalized spacial score (nSPS) is 24.2. The molecule has 1 fully saturated rings. The lowest BCUT2D eigenvalue weighted by atomic mass is 10.00. The van der Waals surface area contributed by atoms with Gasteiger partial charge in [-0.05, 0) is 19.4 Å². The molecule has 1 aliphatic heterocycles. The summed E-state index contributed by atoms with van der Waals surface area (Å²) in [4.78, 5) is 0. The van der Waals surface area contributed by atoms with E-state index in [1.807, 2.05) is 0 Å². The van der Waals surface area contributed by atoms with Crippen LogP contribution in [0.15, 0.2) is 4.42 Å². The quantitative estimate of drug-likeness (QED) is 0.622. The maximum atomic E-state index is 5.32. The Morgan fingerprint density at radius 2 is 2.42 bits per heavy atom. The number of rotatable bonds is 1. The summed E-state index contributed by atoms with van der Waals surface area (Å²) in [7, 11) is 0. The maximum absolute atomic E-state index is 5.32. The molecule has 1 saturated heterocycles. The average molecular weight is 168 g/mol. The second-order valence-corrected chi connectivity index (χ2v) is 3.02. The number of aromatic nitrogens is 2. The summed E-state index contributed by atoms with van der Waals surface area (Å²) < 4.78 is 5.14. The van der Waals surface area contributed by atoms with Crippen LogP contribution in [0, 0.1) is 0 Å². The molecule has 2 heterocycles. The SMILES string of the molecule is Nc1nnc([C@@H]2CCCNC2)o1. The molecule has 0 aromatic carbocycles. The van der Waals surface area contributed by atoms with E-state index in [0.717, 1.165) is 25.9 Å². The lowest BCUT2D eigenvalue weighted by Crippen LogP contribution is -2.28. The number of piperidine rings is 1. The Bertz CT molecular complexity index is 254. The topological polar surface area (TPSA) is 77.0 Å². The molecule has 1 atom stereocenters. The minimum atomic E-state index is 0.163. The smallest absolute Gasteiger partial charge is 0.312 e. The molecule has 0 radical (unpaired) electrons. The van der Waals surface area contributed by atoms with Gasteiger partial charge in [0.2, 0.25) is 5.89 Å². The third kappa shape index (κ3) is 1.40. The molecular formula is C7H12N4O. The van der Waals surface area contributed by atoms with E-state index < -0.39 is 0 Å². The summed E-state index contributed by atoms with van der Waals surface area (Å²) in [6.07, 6.45) is 2.27. The summed E-state index contributed by atoms with van der Waals surface area (Å²) in [5, 5.41) is 10.8. The van der Waals surface area contributed by atoms with Crippen LogP contribution in [0.2, 0.25) is 0 Å². The molecule has 0 unspecified atom stereocenters. The molecule has 0 bridgehead atoms. The van der Waals surface area contributed by atoms with Gasteiger partial charge in [-0.25, -0.2) is 0 Å². The Morgan fingerprint density at radius 1 is 1.50 bits per heavy atom. The van der Waals surface area contributed by atoms with Crippen molar-refractivity contribution in [2.24, 2.45) is 0 Å².